The van der Waals surface area contributed by atoms with Crippen LogP contribution in [0.4, 0.5) is 0 Å². The Morgan fingerprint density at radius 1 is 0.429 bits per heavy atom. The minimum atomic E-state index is 1.08. The van der Waals surface area contributed by atoms with E-state index in [1.165, 1.54) is 44.5 Å². The second-order valence-corrected chi connectivity index (χ2v) is 6.23. The molecule has 0 heterocycles. The number of benzene rings is 3. The van der Waals surface area contributed by atoms with E-state index in [-0.39, 0.29) is 0 Å². The van der Waals surface area contributed by atoms with Crippen molar-refractivity contribution in [1.29, 1.82) is 0 Å². The summed E-state index contributed by atoms with van der Waals surface area (Å²) >= 11 is 0. The molecule has 100 valence electrons. The molecule has 0 aliphatic heterocycles. The van der Waals surface area contributed by atoms with E-state index in [0.717, 1.165) is 19.3 Å². The van der Waals surface area contributed by atoms with Crippen LogP contribution in [0, 0.1) is 0 Å². The summed E-state index contributed by atoms with van der Waals surface area (Å²) in [5, 5.41) is 0. The zero-order valence-electron chi connectivity index (χ0n) is 11.9. The van der Waals surface area contributed by atoms with Crippen molar-refractivity contribution in [1.82, 2.24) is 0 Å². The van der Waals surface area contributed by atoms with Crippen LogP contribution in [-0.2, 0) is 19.3 Å². The Morgan fingerprint density at radius 3 is 1.76 bits per heavy atom. The lowest BCUT2D eigenvalue weighted by atomic mass is 9.84. The first-order chi connectivity index (χ1) is 10.4. The summed E-state index contributed by atoms with van der Waals surface area (Å²) < 4.78 is 0. The van der Waals surface area contributed by atoms with E-state index in [9.17, 15) is 0 Å². The van der Waals surface area contributed by atoms with Gasteiger partial charge in [-0.2, -0.15) is 0 Å². The highest BCUT2D eigenvalue weighted by Crippen LogP contribution is 2.40. The van der Waals surface area contributed by atoms with Crippen LogP contribution in [0.1, 0.15) is 33.4 Å². The number of hydrogen-bond acceptors (Lipinski definition) is 0. The van der Waals surface area contributed by atoms with Crippen LogP contribution in [0.3, 0.4) is 0 Å². The predicted molar refractivity (Wildman–Crippen MR) is 86.7 cm³/mol. The monoisotopic (exact) mass is 268 g/mol. The van der Waals surface area contributed by atoms with Crippen molar-refractivity contribution in [2.75, 3.05) is 0 Å². The molecule has 3 aromatic rings. The smallest absolute Gasteiger partial charge is 0.00133 e. The van der Waals surface area contributed by atoms with Gasteiger partial charge in [0.2, 0.25) is 0 Å². The molecule has 0 unspecified atom stereocenters. The van der Waals surface area contributed by atoms with Crippen LogP contribution in [0.5, 0.6) is 0 Å². The maximum Gasteiger partial charge on any atom is -0.00133 e. The molecule has 3 aromatic carbocycles. The van der Waals surface area contributed by atoms with Gasteiger partial charge in [-0.3, -0.25) is 0 Å². The van der Waals surface area contributed by atoms with Gasteiger partial charge in [0.1, 0.15) is 0 Å². The first-order valence-electron chi connectivity index (χ1n) is 7.68. The van der Waals surface area contributed by atoms with Gasteiger partial charge in [0.15, 0.2) is 0 Å². The van der Waals surface area contributed by atoms with Gasteiger partial charge in [0.05, 0.1) is 0 Å². The van der Waals surface area contributed by atoms with E-state index in [2.05, 4.69) is 60.7 Å². The third-order valence-corrected chi connectivity index (χ3v) is 4.99. The van der Waals surface area contributed by atoms with Crippen molar-refractivity contribution >= 4 is 0 Å². The SMILES string of the molecule is c1ccc2c(c1)Cc1cc3c(cc1C2)-c1ccccc1C3. The Kier molecular flexibility index (Phi) is 2.20. The topological polar surface area (TPSA) is 0 Å². The molecule has 0 heteroatoms. The zero-order valence-corrected chi connectivity index (χ0v) is 11.9. The molecule has 0 saturated carbocycles. The molecule has 0 bridgehead atoms. The predicted octanol–water partition coefficient (Wildman–Crippen LogP) is 4.75. The molecule has 0 nitrogen and oxygen atoms in total. The summed E-state index contributed by atoms with van der Waals surface area (Å²) in [4.78, 5) is 0. The average Bonchev–Trinajstić information content (AvgIpc) is 2.88. The van der Waals surface area contributed by atoms with Gasteiger partial charge in [-0.15, -0.1) is 0 Å². The first kappa shape index (κ1) is 11.3. The van der Waals surface area contributed by atoms with E-state index < -0.39 is 0 Å². The molecule has 0 radical (unpaired) electrons. The Labute approximate surface area is 125 Å². The molecule has 0 fully saturated rings. The molecule has 2 aliphatic carbocycles. The molecule has 0 saturated heterocycles. The van der Waals surface area contributed by atoms with E-state index in [1.54, 1.807) is 0 Å². The molecule has 0 N–H and O–H groups in total. The fraction of sp³-hybridized carbons (Fsp3) is 0.143. The Morgan fingerprint density at radius 2 is 1.00 bits per heavy atom. The van der Waals surface area contributed by atoms with Gasteiger partial charge in [-0.25, -0.2) is 0 Å². The van der Waals surface area contributed by atoms with Gasteiger partial charge in [0, 0.05) is 0 Å². The van der Waals surface area contributed by atoms with Crippen LogP contribution in [0.15, 0.2) is 60.7 Å². The highest BCUT2D eigenvalue weighted by molar-refractivity contribution is 5.78. The summed E-state index contributed by atoms with van der Waals surface area (Å²) in [6.45, 7) is 0. The summed E-state index contributed by atoms with van der Waals surface area (Å²) in [5.74, 6) is 0. The minimum absolute atomic E-state index is 1.08. The van der Waals surface area contributed by atoms with Crippen LogP contribution in [0.2, 0.25) is 0 Å². The van der Waals surface area contributed by atoms with E-state index in [1.807, 2.05) is 0 Å². The number of fused-ring (bicyclic) bond motifs is 5. The quantitative estimate of drug-likeness (QED) is 0.380. The van der Waals surface area contributed by atoms with Gasteiger partial charge in [0.25, 0.3) is 0 Å². The molecule has 0 spiro atoms. The number of rotatable bonds is 0. The van der Waals surface area contributed by atoms with Crippen molar-refractivity contribution in [2.45, 2.75) is 19.3 Å². The molecular formula is C21H16. The van der Waals surface area contributed by atoms with Gasteiger partial charge >= 0.3 is 0 Å². The van der Waals surface area contributed by atoms with Crippen molar-refractivity contribution < 1.29 is 0 Å². The molecule has 21 heavy (non-hydrogen) atoms. The lowest BCUT2D eigenvalue weighted by Crippen LogP contribution is -2.07. The zero-order chi connectivity index (χ0) is 13.8. The third kappa shape index (κ3) is 1.62. The molecule has 0 aromatic heterocycles. The Balaban J connectivity index is 1.68. The lowest BCUT2D eigenvalue weighted by Gasteiger charge is -2.21. The first-order valence-corrected chi connectivity index (χ1v) is 7.68. The molecule has 5 rings (SSSR count). The van der Waals surface area contributed by atoms with Crippen molar-refractivity contribution in [3.8, 4) is 11.1 Å². The average molecular weight is 268 g/mol. The highest BCUT2D eigenvalue weighted by Gasteiger charge is 2.22. The second kappa shape index (κ2) is 4.08. The van der Waals surface area contributed by atoms with Crippen molar-refractivity contribution in [3.63, 3.8) is 0 Å². The normalized spacial score (nSPS) is 14.1. The van der Waals surface area contributed by atoms with E-state index in [0.29, 0.717) is 0 Å². The van der Waals surface area contributed by atoms with Gasteiger partial charge in [-0.1, -0.05) is 60.7 Å². The van der Waals surface area contributed by atoms with Crippen LogP contribution in [-0.4, -0.2) is 0 Å². The molecule has 0 atom stereocenters. The summed E-state index contributed by atoms with van der Waals surface area (Å²) in [5.41, 5.74) is 11.9. The van der Waals surface area contributed by atoms with Crippen molar-refractivity contribution in [3.05, 3.63) is 94.0 Å². The lowest BCUT2D eigenvalue weighted by molar-refractivity contribution is 0.996. The standard InChI is InChI=1S/C21H16/c1-2-6-15-10-18-13-21-19(12-17(18)9-14(15)5-1)11-16-7-3-4-8-20(16)21/h1-8,12-13H,9-11H2. The van der Waals surface area contributed by atoms with E-state index >= 15 is 0 Å². The minimum Gasteiger partial charge on any atom is -0.0620 e. The molecular weight excluding hydrogens is 252 g/mol. The van der Waals surface area contributed by atoms with Gasteiger partial charge < -0.3 is 0 Å². The molecule has 0 amide bonds. The third-order valence-electron chi connectivity index (χ3n) is 4.99. The maximum absolute atomic E-state index is 2.46. The summed E-state index contributed by atoms with van der Waals surface area (Å²) in [6, 6.07) is 22.6. The largest absolute Gasteiger partial charge is 0.0620 e. The fourth-order valence-corrected chi connectivity index (χ4v) is 3.92. The molecule has 2 aliphatic rings. The van der Waals surface area contributed by atoms with Crippen molar-refractivity contribution in [2.24, 2.45) is 0 Å². The van der Waals surface area contributed by atoms with Crippen LogP contribution in [0.25, 0.3) is 11.1 Å². The summed E-state index contributed by atoms with van der Waals surface area (Å²) in [6.07, 6.45) is 3.27. The van der Waals surface area contributed by atoms with Gasteiger partial charge in [-0.05, 0) is 63.8 Å². The van der Waals surface area contributed by atoms with Crippen LogP contribution >= 0.6 is 0 Å². The number of hydrogen-bond donors (Lipinski definition) is 0. The van der Waals surface area contributed by atoms with E-state index in [4.69, 9.17) is 0 Å². The Hall–Kier alpha value is -2.34. The highest BCUT2D eigenvalue weighted by atomic mass is 14.3. The Bertz CT molecular complexity index is 871. The maximum atomic E-state index is 2.46. The fourth-order valence-electron chi connectivity index (χ4n) is 3.92. The van der Waals surface area contributed by atoms with Crippen LogP contribution < -0.4 is 0 Å². The second-order valence-electron chi connectivity index (χ2n) is 6.23. The summed E-state index contributed by atoms with van der Waals surface area (Å²) in [7, 11) is 0.